The molecule has 0 heterocycles. The average molecular weight is 1550 g/mol. The lowest BCUT2D eigenvalue weighted by molar-refractivity contribution is -0.161. The maximum atomic E-state index is 13.2. The van der Waals surface area contributed by atoms with Crippen LogP contribution in [-0.4, -0.2) is 96.7 Å². The normalized spacial score (nSPS) is 14.3. The molecule has 0 saturated heterocycles. The minimum Gasteiger partial charge on any atom is -0.462 e. The van der Waals surface area contributed by atoms with Gasteiger partial charge in [0.05, 0.1) is 26.4 Å². The number of hydrogen-bond acceptors (Lipinski definition) is 15. The molecule has 0 bridgehead atoms. The highest BCUT2D eigenvalue weighted by Crippen LogP contribution is 2.45. The number of ether oxygens (including phenoxy) is 4. The van der Waals surface area contributed by atoms with Crippen LogP contribution in [0.2, 0.25) is 0 Å². The predicted octanol–water partition coefficient (Wildman–Crippen LogP) is 26.6. The molecular weight excluding hydrogens is 1380 g/mol. The topological polar surface area (TPSA) is 237 Å². The van der Waals surface area contributed by atoms with Gasteiger partial charge in [-0.3, -0.25) is 37.3 Å². The van der Waals surface area contributed by atoms with Crippen LogP contribution in [0.5, 0.6) is 0 Å². The standard InChI is InChI=1S/C87H170O17P2/c1-7-11-13-15-17-19-20-21-22-25-29-36-41-47-53-59-65-71-86(91)103-82(75-97-84(89)69-63-57-51-43-18-16-14-12-8-2)77-101-105(93,94)99-73-81(88)74-100-106(95,96)102-78-83(76-98-85(90)70-64-58-52-46-40-35-32-31-34-39-45-50-56-62-68-80(6)10-4)104-87(92)72-66-60-54-48-42-37-30-27-24-23-26-28-33-38-44-49-55-61-67-79(5)9-3/h79-83,88H,7-78H2,1-6H3,(H,93,94)(H,95,96)/t79?,80?,81-,82+,83+/m0/s1. The van der Waals surface area contributed by atoms with Crippen LogP contribution < -0.4 is 0 Å². The van der Waals surface area contributed by atoms with E-state index in [1.165, 1.54) is 283 Å². The van der Waals surface area contributed by atoms with Crippen molar-refractivity contribution in [1.82, 2.24) is 0 Å². The smallest absolute Gasteiger partial charge is 0.462 e. The van der Waals surface area contributed by atoms with E-state index in [0.717, 1.165) is 102 Å². The number of rotatable bonds is 86. The number of aliphatic hydroxyl groups is 1. The third-order valence-electron chi connectivity index (χ3n) is 21.2. The van der Waals surface area contributed by atoms with E-state index in [9.17, 15) is 43.2 Å². The lowest BCUT2D eigenvalue weighted by Gasteiger charge is -2.21. The van der Waals surface area contributed by atoms with Gasteiger partial charge in [-0.25, -0.2) is 9.13 Å². The Morgan fingerprint density at radius 3 is 0.670 bits per heavy atom. The Labute approximate surface area is 651 Å². The van der Waals surface area contributed by atoms with Crippen LogP contribution in [0.1, 0.15) is 465 Å². The Kier molecular flexibility index (Phi) is 76.9. The van der Waals surface area contributed by atoms with Gasteiger partial charge in [0.1, 0.15) is 19.3 Å². The van der Waals surface area contributed by atoms with Crippen LogP contribution in [0.3, 0.4) is 0 Å². The van der Waals surface area contributed by atoms with E-state index in [1.54, 1.807) is 0 Å². The largest absolute Gasteiger partial charge is 0.472 e. The van der Waals surface area contributed by atoms with Gasteiger partial charge in [-0.1, -0.05) is 414 Å². The fraction of sp³-hybridized carbons (Fsp3) is 0.954. The van der Waals surface area contributed by atoms with Crippen LogP contribution in [0.4, 0.5) is 0 Å². The molecular formula is C87H170O17P2. The summed E-state index contributed by atoms with van der Waals surface area (Å²) in [5.74, 6) is -0.380. The van der Waals surface area contributed by atoms with E-state index in [-0.39, 0.29) is 25.7 Å². The van der Waals surface area contributed by atoms with Gasteiger partial charge in [-0.2, -0.15) is 0 Å². The second-order valence-electron chi connectivity index (χ2n) is 31.8. The van der Waals surface area contributed by atoms with Gasteiger partial charge in [0.25, 0.3) is 0 Å². The number of esters is 4. The molecule has 0 aromatic rings. The fourth-order valence-electron chi connectivity index (χ4n) is 13.5. The first-order valence-corrected chi connectivity index (χ1v) is 48.1. The highest BCUT2D eigenvalue weighted by molar-refractivity contribution is 7.47. The van der Waals surface area contributed by atoms with Gasteiger partial charge >= 0.3 is 39.5 Å². The van der Waals surface area contributed by atoms with Crippen LogP contribution in [0.15, 0.2) is 0 Å². The summed E-state index contributed by atoms with van der Waals surface area (Å²) in [6, 6.07) is 0. The molecule has 0 radical (unpaired) electrons. The summed E-state index contributed by atoms with van der Waals surface area (Å²) in [5, 5.41) is 10.7. The van der Waals surface area contributed by atoms with Gasteiger partial charge in [-0.15, -0.1) is 0 Å². The predicted molar refractivity (Wildman–Crippen MR) is 437 cm³/mol. The molecule has 0 aliphatic carbocycles. The minimum atomic E-state index is -4.97. The Morgan fingerprint density at radius 2 is 0.453 bits per heavy atom. The second-order valence-corrected chi connectivity index (χ2v) is 34.7. The zero-order valence-electron chi connectivity index (χ0n) is 69.7. The number of hydrogen-bond donors (Lipinski definition) is 3. The van der Waals surface area contributed by atoms with Gasteiger partial charge in [0.15, 0.2) is 12.2 Å². The Balaban J connectivity index is 5.21. The van der Waals surface area contributed by atoms with Crippen LogP contribution in [-0.2, 0) is 65.4 Å². The summed E-state index contributed by atoms with van der Waals surface area (Å²) in [7, 11) is -9.93. The molecule has 0 rings (SSSR count). The third-order valence-corrected chi connectivity index (χ3v) is 23.1. The van der Waals surface area contributed by atoms with Crippen molar-refractivity contribution in [1.29, 1.82) is 0 Å². The van der Waals surface area contributed by atoms with E-state index >= 15 is 0 Å². The van der Waals surface area contributed by atoms with Gasteiger partial charge < -0.3 is 33.8 Å². The van der Waals surface area contributed by atoms with Gasteiger partial charge in [0, 0.05) is 25.7 Å². The lowest BCUT2D eigenvalue weighted by Crippen LogP contribution is -2.30. The Bertz CT molecular complexity index is 2030. The highest BCUT2D eigenvalue weighted by Gasteiger charge is 2.30. The van der Waals surface area contributed by atoms with E-state index in [1.807, 2.05) is 0 Å². The van der Waals surface area contributed by atoms with Crippen molar-refractivity contribution in [3.8, 4) is 0 Å². The first kappa shape index (κ1) is 104. The van der Waals surface area contributed by atoms with Gasteiger partial charge in [-0.05, 0) is 37.5 Å². The average Bonchev–Trinajstić information content (AvgIpc) is 0.922. The molecule has 3 N–H and O–H groups in total. The summed E-state index contributed by atoms with van der Waals surface area (Å²) in [5.41, 5.74) is 0. The number of carbonyl (C=O) groups excluding carboxylic acids is 4. The lowest BCUT2D eigenvalue weighted by atomic mass is 9.99. The summed E-state index contributed by atoms with van der Waals surface area (Å²) in [6.07, 6.45) is 70.7. The molecule has 0 aromatic heterocycles. The highest BCUT2D eigenvalue weighted by atomic mass is 31.2. The van der Waals surface area contributed by atoms with Crippen molar-refractivity contribution in [2.45, 2.75) is 484 Å². The molecule has 0 saturated carbocycles. The van der Waals surface area contributed by atoms with Gasteiger partial charge in [0.2, 0.25) is 0 Å². The molecule has 630 valence electrons. The molecule has 0 aliphatic rings. The maximum Gasteiger partial charge on any atom is 0.472 e. The fourth-order valence-corrected chi connectivity index (χ4v) is 15.1. The molecule has 4 unspecified atom stereocenters. The Hall–Kier alpha value is -1.94. The Morgan fingerprint density at radius 1 is 0.264 bits per heavy atom. The molecule has 0 aromatic carbocycles. The van der Waals surface area contributed by atoms with Crippen LogP contribution in [0.25, 0.3) is 0 Å². The van der Waals surface area contributed by atoms with Crippen LogP contribution in [0, 0.1) is 11.8 Å². The number of phosphoric ester groups is 2. The molecule has 0 aliphatic heterocycles. The number of phosphoric acid groups is 2. The SMILES string of the molecule is CCCCCCCCCCCCCCCCCCCC(=O)O[C@H](COC(=O)CCCCCCCCCCC)COP(=O)(O)OC[C@H](O)COP(=O)(O)OC[C@@H](COC(=O)CCCCCCCCCCCCCCCCC(C)CC)OC(=O)CCCCCCCCCCCCCCCCCCCCC(C)CC. The third kappa shape index (κ3) is 77.4. The first-order chi connectivity index (χ1) is 51.4. The molecule has 106 heavy (non-hydrogen) atoms. The second kappa shape index (κ2) is 78.3. The molecule has 17 nitrogen and oxygen atoms in total. The van der Waals surface area contributed by atoms with Crippen molar-refractivity contribution in [2.24, 2.45) is 11.8 Å². The zero-order chi connectivity index (χ0) is 77.8. The molecule has 0 spiro atoms. The number of carbonyl (C=O) groups is 4. The van der Waals surface area contributed by atoms with Crippen molar-refractivity contribution >= 4 is 39.5 Å². The minimum absolute atomic E-state index is 0.109. The molecule has 19 heteroatoms. The molecule has 7 atom stereocenters. The van der Waals surface area contributed by atoms with Crippen molar-refractivity contribution in [2.75, 3.05) is 39.6 Å². The molecule has 0 fully saturated rings. The number of unbranched alkanes of at least 4 members (excludes halogenated alkanes) is 54. The van der Waals surface area contributed by atoms with Crippen molar-refractivity contribution in [3.63, 3.8) is 0 Å². The zero-order valence-corrected chi connectivity index (χ0v) is 71.5. The maximum absolute atomic E-state index is 13.2. The van der Waals surface area contributed by atoms with Crippen LogP contribution >= 0.6 is 15.6 Å². The van der Waals surface area contributed by atoms with E-state index < -0.39 is 97.5 Å². The summed E-state index contributed by atoms with van der Waals surface area (Å²) in [6.45, 7) is 9.79. The van der Waals surface area contributed by atoms with E-state index in [4.69, 9.17) is 37.0 Å². The quantitative estimate of drug-likeness (QED) is 0.0222. The van der Waals surface area contributed by atoms with E-state index in [2.05, 4.69) is 41.5 Å². The van der Waals surface area contributed by atoms with E-state index in [0.29, 0.717) is 25.7 Å². The summed E-state index contributed by atoms with van der Waals surface area (Å²) < 4.78 is 68.9. The van der Waals surface area contributed by atoms with Crippen molar-refractivity contribution < 1.29 is 80.2 Å². The summed E-state index contributed by atoms with van der Waals surface area (Å²) in [4.78, 5) is 73.2. The summed E-state index contributed by atoms with van der Waals surface area (Å²) >= 11 is 0. The number of aliphatic hydroxyl groups excluding tert-OH is 1. The van der Waals surface area contributed by atoms with Crippen molar-refractivity contribution in [3.05, 3.63) is 0 Å². The monoisotopic (exact) mass is 1550 g/mol. The molecule has 0 amide bonds. The first-order valence-electron chi connectivity index (χ1n) is 45.1.